The molecule has 4 rings (SSSR count). The zero-order chi connectivity index (χ0) is 20.4. The minimum absolute atomic E-state index is 0.0579. The first kappa shape index (κ1) is 18.7. The first-order valence-corrected chi connectivity index (χ1v) is 9.31. The zero-order valence-corrected chi connectivity index (χ0v) is 15.9. The van der Waals surface area contributed by atoms with Crippen LogP contribution in [0.3, 0.4) is 0 Å². The molecule has 2 heterocycles. The number of fused-ring (bicyclic) bond motifs is 1. The van der Waals surface area contributed by atoms with Crippen molar-refractivity contribution in [3.63, 3.8) is 0 Å². The number of nitrogens with zero attached hydrogens (tertiary/aromatic N) is 1. The highest BCUT2D eigenvalue weighted by atomic mass is 16.5. The molecule has 0 aliphatic carbocycles. The van der Waals surface area contributed by atoms with Gasteiger partial charge in [-0.25, -0.2) is 0 Å². The van der Waals surface area contributed by atoms with Crippen molar-refractivity contribution in [2.45, 2.75) is 13.0 Å². The third-order valence-electron chi connectivity index (χ3n) is 4.93. The Bertz CT molecular complexity index is 1070. The van der Waals surface area contributed by atoms with Gasteiger partial charge in [-0.1, -0.05) is 25.1 Å². The molecule has 6 nitrogen and oxygen atoms in total. The van der Waals surface area contributed by atoms with Gasteiger partial charge < -0.3 is 15.2 Å². The third-order valence-corrected chi connectivity index (χ3v) is 4.93. The van der Waals surface area contributed by atoms with Crippen LogP contribution in [0.2, 0.25) is 0 Å². The van der Waals surface area contributed by atoms with E-state index >= 15 is 0 Å². The molecule has 146 valence electrons. The highest BCUT2D eigenvalue weighted by Gasteiger charge is 2.27. The largest absolute Gasteiger partial charge is 0.492 e. The summed E-state index contributed by atoms with van der Waals surface area (Å²) in [4.78, 5) is 28.4. The van der Waals surface area contributed by atoms with Gasteiger partial charge in [-0.2, -0.15) is 0 Å². The lowest BCUT2D eigenvalue weighted by molar-refractivity contribution is 0.0847. The second-order valence-electron chi connectivity index (χ2n) is 6.96. The Morgan fingerprint density at radius 2 is 1.93 bits per heavy atom. The summed E-state index contributed by atoms with van der Waals surface area (Å²) in [5.41, 5.74) is 7.98. The van der Waals surface area contributed by atoms with E-state index in [1.54, 1.807) is 42.7 Å². The first-order chi connectivity index (χ1) is 14.0. The SMILES string of the molecule is C[C@H]1COc2cc(O[C@@H](c3ccncc3)c3ccccc3C(N)=O)ccc2C1=O. The van der Waals surface area contributed by atoms with Gasteiger partial charge in [0.05, 0.1) is 18.1 Å². The molecule has 6 heteroatoms. The summed E-state index contributed by atoms with van der Waals surface area (Å²) in [6.45, 7) is 2.18. The van der Waals surface area contributed by atoms with Crippen LogP contribution in [-0.2, 0) is 0 Å². The Kier molecular flexibility index (Phi) is 4.99. The van der Waals surface area contributed by atoms with Crippen molar-refractivity contribution in [3.8, 4) is 11.5 Å². The predicted octanol–water partition coefficient (Wildman–Crippen LogP) is 3.56. The number of hydrogen-bond acceptors (Lipinski definition) is 5. The number of amides is 1. The molecule has 0 fully saturated rings. The second-order valence-corrected chi connectivity index (χ2v) is 6.96. The van der Waals surface area contributed by atoms with Gasteiger partial charge in [0.15, 0.2) is 5.78 Å². The van der Waals surface area contributed by atoms with E-state index in [4.69, 9.17) is 15.2 Å². The molecule has 0 spiro atoms. The molecule has 0 radical (unpaired) electrons. The van der Waals surface area contributed by atoms with Crippen molar-refractivity contribution >= 4 is 11.7 Å². The lowest BCUT2D eigenvalue weighted by atomic mass is 9.96. The van der Waals surface area contributed by atoms with Crippen LogP contribution in [0.5, 0.6) is 11.5 Å². The molecule has 1 aliphatic rings. The Balaban J connectivity index is 1.75. The van der Waals surface area contributed by atoms with Crippen LogP contribution in [0, 0.1) is 5.92 Å². The normalized spacial score (nSPS) is 16.4. The van der Waals surface area contributed by atoms with E-state index < -0.39 is 12.0 Å². The maximum absolute atomic E-state index is 12.3. The fraction of sp³-hybridized carbons (Fsp3) is 0.174. The van der Waals surface area contributed by atoms with Gasteiger partial charge >= 0.3 is 0 Å². The van der Waals surface area contributed by atoms with Gasteiger partial charge in [0.25, 0.3) is 0 Å². The number of hydrogen-bond donors (Lipinski definition) is 1. The Morgan fingerprint density at radius 3 is 2.69 bits per heavy atom. The van der Waals surface area contributed by atoms with Gasteiger partial charge in [-0.15, -0.1) is 0 Å². The number of rotatable bonds is 5. The van der Waals surface area contributed by atoms with Crippen LogP contribution in [-0.4, -0.2) is 23.3 Å². The number of carbonyl (C=O) groups is 2. The number of pyridine rings is 1. The van der Waals surface area contributed by atoms with E-state index in [2.05, 4.69) is 4.98 Å². The average molecular weight is 388 g/mol. The van der Waals surface area contributed by atoms with Gasteiger partial charge in [-0.05, 0) is 35.9 Å². The Hall–Kier alpha value is -3.67. The molecule has 0 unspecified atom stereocenters. The van der Waals surface area contributed by atoms with Gasteiger partial charge in [0.1, 0.15) is 17.6 Å². The van der Waals surface area contributed by atoms with Crippen molar-refractivity contribution in [2.75, 3.05) is 6.61 Å². The van der Waals surface area contributed by atoms with Gasteiger partial charge in [-0.3, -0.25) is 14.6 Å². The molecule has 2 atom stereocenters. The molecular formula is C23H20N2O4. The maximum atomic E-state index is 12.3. The summed E-state index contributed by atoms with van der Waals surface area (Å²) in [7, 11) is 0. The van der Waals surface area contributed by atoms with Crippen LogP contribution in [0.25, 0.3) is 0 Å². The number of ether oxygens (including phenoxy) is 2. The summed E-state index contributed by atoms with van der Waals surface area (Å²) in [5.74, 6) is 0.384. The number of nitrogens with two attached hydrogens (primary N) is 1. The molecule has 2 N–H and O–H groups in total. The minimum atomic E-state index is -0.585. The van der Waals surface area contributed by atoms with Crippen molar-refractivity contribution in [1.82, 2.24) is 4.98 Å². The van der Waals surface area contributed by atoms with E-state index in [-0.39, 0.29) is 11.7 Å². The second kappa shape index (κ2) is 7.75. The van der Waals surface area contributed by atoms with Crippen LogP contribution in [0.1, 0.15) is 44.9 Å². The van der Waals surface area contributed by atoms with E-state index in [1.165, 1.54) is 0 Å². The van der Waals surface area contributed by atoms with Crippen LogP contribution in [0.15, 0.2) is 67.0 Å². The molecule has 3 aromatic rings. The molecule has 2 aromatic carbocycles. The van der Waals surface area contributed by atoms with Crippen LogP contribution in [0.4, 0.5) is 0 Å². The first-order valence-electron chi connectivity index (χ1n) is 9.31. The fourth-order valence-corrected chi connectivity index (χ4v) is 3.39. The van der Waals surface area contributed by atoms with Gasteiger partial charge in [0.2, 0.25) is 5.91 Å². The molecule has 1 aliphatic heterocycles. The molecule has 1 amide bonds. The van der Waals surface area contributed by atoms with Crippen molar-refractivity contribution in [1.29, 1.82) is 0 Å². The third kappa shape index (κ3) is 3.69. The Morgan fingerprint density at radius 1 is 1.17 bits per heavy atom. The summed E-state index contributed by atoms with van der Waals surface area (Å²) >= 11 is 0. The van der Waals surface area contributed by atoms with Gasteiger partial charge in [0, 0.05) is 29.6 Å². The highest BCUT2D eigenvalue weighted by Crippen LogP contribution is 2.35. The molecule has 1 aromatic heterocycles. The summed E-state index contributed by atoms with van der Waals surface area (Å²) < 4.78 is 12.0. The van der Waals surface area contributed by atoms with Crippen molar-refractivity contribution in [2.24, 2.45) is 11.7 Å². The van der Waals surface area contributed by atoms with Crippen molar-refractivity contribution in [3.05, 3.63) is 89.2 Å². The Labute approximate surface area is 168 Å². The van der Waals surface area contributed by atoms with Crippen molar-refractivity contribution < 1.29 is 19.1 Å². The number of Topliss-reactive ketones (excluding diaryl/α,β-unsaturated/α-hetero) is 1. The van der Waals surface area contributed by atoms with E-state index in [0.29, 0.717) is 34.8 Å². The predicted molar refractivity (Wildman–Crippen MR) is 107 cm³/mol. The van der Waals surface area contributed by atoms with E-state index in [1.807, 2.05) is 31.2 Å². The number of primary amides is 1. The summed E-state index contributed by atoms with van der Waals surface area (Å²) in [5, 5.41) is 0. The molecule has 0 saturated heterocycles. The summed E-state index contributed by atoms with van der Waals surface area (Å²) in [6, 6.07) is 15.9. The number of aromatic nitrogens is 1. The minimum Gasteiger partial charge on any atom is -0.492 e. The molecule has 0 bridgehead atoms. The lowest BCUT2D eigenvalue weighted by Gasteiger charge is -2.24. The number of ketones is 1. The number of benzene rings is 2. The van der Waals surface area contributed by atoms with E-state index in [9.17, 15) is 9.59 Å². The number of carbonyl (C=O) groups excluding carboxylic acids is 2. The average Bonchev–Trinajstić information content (AvgIpc) is 2.75. The molecule has 29 heavy (non-hydrogen) atoms. The fourth-order valence-electron chi connectivity index (χ4n) is 3.39. The maximum Gasteiger partial charge on any atom is 0.249 e. The molecular weight excluding hydrogens is 368 g/mol. The van der Waals surface area contributed by atoms with E-state index in [0.717, 1.165) is 5.56 Å². The molecule has 0 saturated carbocycles. The lowest BCUT2D eigenvalue weighted by Crippen LogP contribution is -2.25. The smallest absolute Gasteiger partial charge is 0.249 e. The van der Waals surface area contributed by atoms with Crippen LogP contribution >= 0.6 is 0 Å². The summed E-state index contributed by atoms with van der Waals surface area (Å²) in [6.07, 6.45) is 2.74. The van der Waals surface area contributed by atoms with Crippen LogP contribution < -0.4 is 15.2 Å². The monoisotopic (exact) mass is 388 g/mol. The highest BCUT2D eigenvalue weighted by molar-refractivity contribution is 6.01. The topological polar surface area (TPSA) is 91.5 Å². The standard InChI is InChI=1S/C23H20N2O4/c1-14-13-28-20-12-16(6-7-19(20)21(14)26)29-22(15-8-10-25-11-9-15)17-4-2-3-5-18(17)23(24)27/h2-12,14,22H,13H2,1H3,(H2,24,27)/t14-,22-/m0/s1. The zero-order valence-electron chi connectivity index (χ0n) is 15.9. The quantitative estimate of drug-likeness (QED) is 0.722.